The zero-order valence-electron chi connectivity index (χ0n) is 23.9. The minimum Gasteiger partial charge on any atom is -0.490 e. The van der Waals surface area contributed by atoms with Crippen LogP contribution in [0, 0.1) is 0 Å². The molecule has 0 aliphatic carbocycles. The molecule has 1 atom stereocenters. The molecule has 1 aliphatic rings. The molecule has 3 heterocycles. The van der Waals surface area contributed by atoms with Crippen LogP contribution in [0.4, 0.5) is 0 Å². The molecule has 5 rings (SSSR count). The summed E-state index contributed by atoms with van der Waals surface area (Å²) in [4.78, 5) is 45.4. The molecule has 0 N–H and O–H groups in total. The number of carbonyl (C=O) groups is 2. The molecule has 2 aromatic carbocycles. The second-order valence-corrected chi connectivity index (χ2v) is 11.2. The summed E-state index contributed by atoms with van der Waals surface area (Å²) in [5.74, 6) is -0.177. The Morgan fingerprint density at radius 1 is 0.930 bits per heavy atom. The van der Waals surface area contributed by atoms with Crippen molar-refractivity contribution in [2.75, 3.05) is 26.4 Å². The van der Waals surface area contributed by atoms with Gasteiger partial charge in [-0.25, -0.2) is 14.6 Å². The summed E-state index contributed by atoms with van der Waals surface area (Å²) in [7, 11) is 0. The molecule has 43 heavy (non-hydrogen) atoms. The molecule has 0 amide bonds. The number of ether oxygens (including phenoxy) is 4. The number of hydrogen-bond donors (Lipinski definition) is 0. The number of carbonyl (C=O) groups excluding carboxylic acids is 2. The van der Waals surface area contributed by atoms with Crippen LogP contribution in [0.5, 0.6) is 11.5 Å². The van der Waals surface area contributed by atoms with Crippen molar-refractivity contribution in [3.8, 4) is 11.5 Å². The fourth-order valence-electron chi connectivity index (χ4n) is 4.65. The highest BCUT2D eigenvalue weighted by Gasteiger charge is 2.35. The van der Waals surface area contributed by atoms with Gasteiger partial charge in [-0.3, -0.25) is 9.36 Å². The third kappa shape index (κ3) is 6.47. The summed E-state index contributed by atoms with van der Waals surface area (Å²) in [6.45, 7) is 5.90. The van der Waals surface area contributed by atoms with E-state index < -0.39 is 18.0 Å². The van der Waals surface area contributed by atoms with Crippen molar-refractivity contribution in [3.05, 3.63) is 107 Å². The van der Waals surface area contributed by atoms with Gasteiger partial charge in [-0.2, -0.15) is 0 Å². The monoisotopic (exact) mass is 618 g/mol. The first-order valence-electron chi connectivity index (χ1n) is 13.8. The predicted molar refractivity (Wildman–Crippen MR) is 165 cm³/mol. The van der Waals surface area contributed by atoms with E-state index >= 15 is 0 Å². The van der Waals surface area contributed by atoms with Crippen molar-refractivity contribution < 1.29 is 28.5 Å². The zero-order chi connectivity index (χ0) is 30.3. The van der Waals surface area contributed by atoms with Crippen LogP contribution >= 0.6 is 22.7 Å². The van der Waals surface area contributed by atoms with Gasteiger partial charge in [-0.05, 0) is 56.0 Å². The summed E-state index contributed by atoms with van der Waals surface area (Å²) < 4.78 is 23.8. The number of esters is 2. The van der Waals surface area contributed by atoms with E-state index in [-0.39, 0.29) is 25.4 Å². The van der Waals surface area contributed by atoms with Crippen molar-refractivity contribution in [3.63, 3.8) is 0 Å². The highest BCUT2D eigenvalue weighted by molar-refractivity contribution is 7.10. The number of hydrogen-bond acceptors (Lipinski definition) is 10. The summed E-state index contributed by atoms with van der Waals surface area (Å²) in [5.41, 5.74) is 1.96. The second kappa shape index (κ2) is 13.7. The maximum Gasteiger partial charge on any atom is 0.344 e. The summed E-state index contributed by atoms with van der Waals surface area (Å²) in [5, 5.41) is 1.91. The lowest BCUT2D eigenvalue weighted by atomic mass is 9.97. The van der Waals surface area contributed by atoms with Crippen LogP contribution in [0.25, 0.3) is 11.8 Å². The molecule has 1 aliphatic heterocycles. The van der Waals surface area contributed by atoms with Crippen LogP contribution in [0.3, 0.4) is 0 Å². The standard InChI is InChI=1S/C32H30N2O7S2/c1-4-38-23-17-20(14-15-22(23)41-19-26(35)39-5-2)18-25-30(36)34-29(24-13-10-16-42-24)27(31(37)40-6-3)28(33-32(34)43-25)21-11-8-7-9-12-21/h7-18,29H,4-6,19H2,1-3H3/b25-18-/t29-/m1/s1. The average molecular weight is 619 g/mol. The maximum atomic E-state index is 14.0. The third-order valence-corrected chi connectivity index (χ3v) is 8.31. The minimum atomic E-state index is -0.703. The Hall–Kier alpha value is -4.48. The Kier molecular flexibility index (Phi) is 9.53. The van der Waals surface area contributed by atoms with Gasteiger partial charge in [0.15, 0.2) is 22.9 Å². The molecule has 0 bridgehead atoms. The van der Waals surface area contributed by atoms with Crippen molar-refractivity contribution in [2.45, 2.75) is 26.8 Å². The molecule has 0 fully saturated rings. The number of thiazole rings is 1. The van der Waals surface area contributed by atoms with Crippen LogP contribution in [0.15, 0.2) is 81.4 Å². The minimum absolute atomic E-state index is 0.188. The molecule has 0 saturated heterocycles. The summed E-state index contributed by atoms with van der Waals surface area (Å²) >= 11 is 2.70. The third-order valence-electron chi connectivity index (χ3n) is 6.40. The first kappa shape index (κ1) is 30.0. The predicted octanol–water partition coefficient (Wildman–Crippen LogP) is 4.34. The molecule has 0 spiro atoms. The fourth-order valence-corrected chi connectivity index (χ4v) is 6.47. The van der Waals surface area contributed by atoms with Crippen LogP contribution < -0.4 is 24.4 Å². The second-order valence-electron chi connectivity index (χ2n) is 9.18. The van der Waals surface area contributed by atoms with E-state index in [1.807, 2.05) is 54.8 Å². The first-order chi connectivity index (χ1) is 20.9. The molecular weight excluding hydrogens is 588 g/mol. The molecule has 2 aromatic heterocycles. The first-order valence-corrected chi connectivity index (χ1v) is 15.5. The Labute approximate surface area is 256 Å². The topological polar surface area (TPSA) is 105 Å². The molecular formula is C32H30N2O7S2. The number of thiophene rings is 1. The Bertz CT molecular complexity index is 1820. The summed E-state index contributed by atoms with van der Waals surface area (Å²) in [6, 6.07) is 17.7. The highest BCUT2D eigenvalue weighted by atomic mass is 32.1. The van der Waals surface area contributed by atoms with Crippen molar-refractivity contribution in [1.29, 1.82) is 0 Å². The van der Waals surface area contributed by atoms with Gasteiger partial charge in [-0.15, -0.1) is 11.3 Å². The Morgan fingerprint density at radius 2 is 1.72 bits per heavy atom. The molecule has 0 radical (unpaired) electrons. The highest BCUT2D eigenvalue weighted by Crippen LogP contribution is 2.37. The lowest BCUT2D eigenvalue weighted by Crippen LogP contribution is -2.39. The lowest BCUT2D eigenvalue weighted by Gasteiger charge is -2.24. The van der Waals surface area contributed by atoms with Gasteiger partial charge in [0, 0.05) is 10.4 Å². The quantitative estimate of drug-likeness (QED) is 0.230. The number of aromatic nitrogens is 1. The van der Waals surface area contributed by atoms with E-state index in [1.54, 1.807) is 42.7 Å². The molecule has 0 saturated carbocycles. The normalized spacial score (nSPS) is 14.6. The van der Waals surface area contributed by atoms with Crippen LogP contribution in [-0.4, -0.2) is 42.9 Å². The van der Waals surface area contributed by atoms with Gasteiger partial charge >= 0.3 is 11.9 Å². The van der Waals surface area contributed by atoms with Gasteiger partial charge in [0.25, 0.3) is 5.56 Å². The molecule has 0 unspecified atom stereocenters. The zero-order valence-corrected chi connectivity index (χ0v) is 25.5. The Balaban J connectivity index is 1.64. The van der Waals surface area contributed by atoms with Gasteiger partial charge in [-0.1, -0.05) is 53.8 Å². The van der Waals surface area contributed by atoms with E-state index in [0.29, 0.717) is 44.3 Å². The van der Waals surface area contributed by atoms with Crippen LogP contribution in [0.2, 0.25) is 0 Å². The molecule has 4 aromatic rings. The largest absolute Gasteiger partial charge is 0.490 e. The van der Waals surface area contributed by atoms with E-state index in [0.717, 1.165) is 10.4 Å². The molecule has 11 heteroatoms. The van der Waals surface area contributed by atoms with E-state index in [2.05, 4.69) is 0 Å². The average Bonchev–Trinajstić information content (AvgIpc) is 3.65. The van der Waals surface area contributed by atoms with Crippen molar-refractivity contribution in [1.82, 2.24) is 4.57 Å². The van der Waals surface area contributed by atoms with E-state index in [9.17, 15) is 14.4 Å². The lowest BCUT2D eigenvalue weighted by molar-refractivity contribution is -0.145. The Morgan fingerprint density at radius 3 is 2.42 bits per heavy atom. The number of benzene rings is 2. The SMILES string of the molecule is CCOC(=O)COc1ccc(/C=c2\sc3n(c2=O)[C@H](c2cccs2)C(C(=O)OCC)=C(c2ccccc2)N=3)cc1OCC. The number of nitrogens with zero attached hydrogens (tertiary/aromatic N) is 2. The van der Waals surface area contributed by atoms with E-state index in [1.165, 1.54) is 22.7 Å². The number of fused-ring (bicyclic) bond motifs is 1. The van der Waals surface area contributed by atoms with Gasteiger partial charge < -0.3 is 18.9 Å². The maximum absolute atomic E-state index is 14.0. The summed E-state index contributed by atoms with van der Waals surface area (Å²) in [6.07, 6.45) is 1.75. The van der Waals surface area contributed by atoms with Gasteiger partial charge in [0.05, 0.1) is 35.6 Å². The van der Waals surface area contributed by atoms with Crippen molar-refractivity contribution >= 4 is 46.4 Å². The molecule has 222 valence electrons. The van der Waals surface area contributed by atoms with Crippen molar-refractivity contribution in [2.24, 2.45) is 4.99 Å². The van der Waals surface area contributed by atoms with Crippen LogP contribution in [0.1, 0.15) is 42.8 Å². The molecule has 9 nitrogen and oxygen atoms in total. The van der Waals surface area contributed by atoms with Gasteiger partial charge in [0.1, 0.15) is 6.04 Å². The van der Waals surface area contributed by atoms with E-state index in [4.69, 9.17) is 23.9 Å². The fraction of sp³-hybridized carbons (Fsp3) is 0.250. The smallest absolute Gasteiger partial charge is 0.344 e. The van der Waals surface area contributed by atoms with Crippen LogP contribution in [-0.2, 0) is 19.1 Å². The number of rotatable bonds is 11. The van der Waals surface area contributed by atoms with Gasteiger partial charge in [0.2, 0.25) is 0 Å².